The number of nitrogens with one attached hydrogen (secondary N) is 1. The smallest absolute Gasteiger partial charge is 0.243 e. The molecule has 21 heavy (non-hydrogen) atoms. The quantitative estimate of drug-likeness (QED) is 0.846. The zero-order valence-corrected chi connectivity index (χ0v) is 13.4. The fourth-order valence-corrected chi connectivity index (χ4v) is 4.14. The molecule has 6 nitrogen and oxygen atoms in total. The van der Waals surface area contributed by atoms with Crippen molar-refractivity contribution in [3.8, 4) is 11.5 Å². The van der Waals surface area contributed by atoms with E-state index in [4.69, 9.17) is 9.47 Å². The van der Waals surface area contributed by atoms with Crippen molar-refractivity contribution in [1.82, 2.24) is 9.62 Å². The standard InChI is InChI=1S/C14H22N2O4S/c1-15-9-11-6-7-16(10-11)21(17,18)12-4-5-13(19-2)14(8-12)20-3/h4-5,8,11,15H,6-7,9-10H2,1-3H3. The minimum absolute atomic E-state index is 0.241. The lowest BCUT2D eigenvalue weighted by Crippen LogP contribution is -2.30. The van der Waals surface area contributed by atoms with Crippen molar-refractivity contribution in [2.24, 2.45) is 5.92 Å². The third-order valence-corrected chi connectivity index (χ3v) is 5.60. The van der Waals surface area contributed by atoms with E-state index in [1.165, 1.54) is 24.6 Å². The van der Waals surface area contributed by atoms with Gasteiger partial charge in [0.25, 0.3) is 0 Å². The van der Waals surface area contributed by atoms with Crippen LogP contribution in [0.5, 0.6) is 11.5 Å². The molecule has 1 atom stereocenters. The summed E-state index contributed by atoms with van der Waals surface area (Å²) >= 11 is 0. The minimum Gasteiger partial charge on any atom is -0.493 e. The van der Waals surface area contributed by atoms with E-state index >= 15 is 0 Å². The van der Waals surface area contributed by atoms with Crippen LogP contribution in [0.4, 0.5) is 0 Å². The van der Waals surface area contributed by atoms with Crippen LogP contribution in [-0.4, -0.2) is 53.6 Å². The van der Waals surface area contributed by atoms with Gasteiger partial charge >= 0.3 is 0 Å². The van der Waals surface area contributed by atoms with E-state index in [1.54, 1.807) is 12.1 Å². The van der Waals surface area contributed by atoms with Crippen molar-refractivity contribution in [2.75, 3.05) is 40.9 Å². The second-order valence-corrected chi connectivity index (χ2v) is 7.03. The Labute approximate surface area is 126 Å². The van der Waals surface area contributed by atoms with Crippen molar-refractivity contribution in [3.63, 3.8) is 0 Å². The lowest BCUT2D eigenvalue weighted by molar-refractivity contribution is 0.353. The normalized spacial score (nSPS) is 19.7. The van der Waals surface area contributed by atoms with Gasteiger partial charge in [-0.2, -0.15) is 4.31 Å². The first-order valence-electron chi connectivity index (χ1n) is 6.89. The Bertz CT molecular complexity index is 589. The first-order valence-corrected chi connectivity index (χ1v) is 8.33. The van der Waals surface area contributed by atoms with Crippen LogP contribution in [0.1, 0.15) is 6.42 Å². The van der Waals surface area contributed by atoms with Crippen molar-refractivity contribution in [3.05, 3.63) is 18.2 Å². The molecule has 0 aliphatic carbocycles. The topological polar surface area (TPSA) is 67.9 Å². The number of hydrogen-bond acceptors (Lipinski definition) is 5. The highest BCUT2D eigenvalue weighted by molar-refractivity contribution is 7.89. The summed E-state index contributed by atoms with van der Waals surface area (Å²) in [4.78, 5) is 0.241. The molecule has 0 bridgehead atoms. The third kappa shape index (κ3) is 3.30. The van der Waals surface area contributed by atoms with Gasteiger partial charge in [-0.3, -0.25) is 0 Å². The number of methoxy groups -OCH3 is 2. The van der Waals surface area contributed by atoms with Gasteiger partial charge in [0.15, 0.2) is 11.5 Å². The minimum atomic E-state index is -3.48. The first kappa shape index (κ1) is 16.1. The van der Waals surface area contributed by atoms with Gasteiger partial charge in [0, 0.05) is 19.2 Å². The maximum Gasteiger partial charge on any atom is 0.243 e. The summed E-state index contributed by atoms with van der Waals surface area (Å²) in [5, 5.41) is 3.10. The molecule has 118 valence electrons. The van der Waals surface area contributed by atoms with Gasteiger partial charge < -0.3 is 14.8 Å². The summed E-state index contributed by atoms with van der Waals surface area (Å²) in [7, 11) is 1.42. The molecule has 0 spiro atoms. The van der Waals surface area contributed by atoms with Gasteiger partial charge in [0.1, 0.15) is 0 Å². The zero-order valence-electron chi connectivity index (χ0n) is 12.6. The van der Waals surface area contributed by atoms with E-state index < -0.39 is 10.0 Å². The number of nitrogens with zero attached hydrogens (tertiary/aromatic N) is 1. The van der Waals surface area contributed by atoms with E-state index in [0.29, 0.717) is 30.5 Å². The first-order chi connectivity index (χ1) is 10.0. The molecule has 1 unspecified atom stereocenters. The molecule has 0 aromatic heterocycles. The summed E-state index contributed by atoms with van der Waals surface area (Å²) in [5.74, 6) is 1.31. The second kappa shape index (κ2) is 6.64. The molecule has 1 N–H and O–H groups in total. The SMILES string of the molecule is CNCC1CCN(S(=O)(=O)c2ccc(OC)c(OC)c2)C1. The predicted octanol–water partition coefficient (Wildman–Crippen LogP) is 0.934. The third-order valence-electron chi connectivity index (χ3n) is 3.73. The molecule has 1 saturated heterocycles. The molecule has 2 rings (SSSR count). The van der Waals surface area contributed by atoms with E-state index in [-0.39, 0.29) is 4.90 Å². The lowest BCUT2D eigenvalue weighted by Gasteiger charge is -2.17. The Morgan fingerprint density at radius 1 is 1.29 bits per heavy atom. The molecule has 1 aromatic carbocycles. The van der Waals surface area contributed by atoms with Crippen LogP contribution >= 0.6 is 0 Å². The molecule has 0 saturated carbocycles. The Morgan fingerprint density at radius 3 is 2.62 bits per heavy atom. The number of sulfonamides is 1. The Kier molecular flexibility index (Phi) is 5.08. The highest BCUT2D eigenvalue weighted by atomic mass is 32.2. The highest BCUT2D eigenvalue weighted by Crippen LogP contribution is 2.32. The van der Waals surface area contributed by atoms with Gasteiger partial charge in [-0.25, -0.2) is 8.42 Å². The Morgan fingerprint density at radius 2 is 2.00 bits per heavy atom. The largest absolute Gasteiger partial charge is 0.493 e. The van der Waals surface area contributed by atoms with E-state index in [0.717, 1.165) is 13.0 Å². The molecule has 0 radical (unpaired) electrons. The molecule has 1 aliphatic heterocycles. The fraction of sp³-hybridized carbons (Fsp3) is 0.571. The molecule has 1 aromatic rings. The monoisotopic (exact) mass is 314 g/mol. The van der Waals surface area contributed by atoms with Crippen molar-refractivity contribution in [1.29, 1.82) is 0 Å². The van der Waals surface area contributed by atoms with E-state index in [2.05, 4.69) is 5.32 Å². The van der Waals surface area contributed by atoms with Gasteiger partial charge in [0.2, 0.25) is 10.0 Å². The molecule has 1 heterocycles. The van der Waals surface area contributed by atoms with Crippen LogP contribution in [0.25, 0.3) is 0 Å². The Hall–Kier alpha value is -1.31. The maximum absolute atomic E-state index is 12.7. The molecular weight excluding hydrogens is 292 g/mol. The fourth-order valence-electron chi connectivity index (χ4n) is 2.60. The van der Waals surface area contributed by atoms with Crippen LogP contribution in [0.3, 0.4) is 0 Å². The van der Waals surface area contributed by atoms with Crippen molar-refractivity contribution >= 4 is 10.0 Å². The van der Waals surface area contributed by atoms with Crippen LogP contribution in [-0.2, 0) is 10.0 Å². The molecule has 1 fully saturated rings. The number of rotatable bonds is 6. The van der Waals surface area contributed by atoms with Gasteiger partial charge in [-0.05, 0) is 38.1 Å². The molecular formula is C14H22N2O4S. The van der Waals surface area contributed by atoms with E-state index in [1.807, 2.05) is 7.05 Å². The highest BCUT2D eigenvalue weighted by Gasteiger charge is 2.32. The number of benzene rings is 1. The molecule has 0 amide bonds. The predicted molar refractivity (Wildman–Crippen MR) is 80.3 cm³/mol. The second-order valence-electron chi connectivity index (χ2n) is 5.09. The summed E-state index contributed by atoms with van der Waals surface area (Å²) in [6.07, 6.45) is 0.882. The lowest BCUT2D eigenvalue weighted by atomic mass is 10.1. The maximum atomic E-state index is 12.7. The number of hydrogen-bond donors (Lipinski definition) is 1. The van der Waals surface area contributed by atoms with Crippen LogP contribution < -0.4 is 14.8 Å². The average molecular weight is 314 g/mol. The number of ether oxygens (including phenoxy) is 2. The summed E-state index contributed by atoms with van der Waals surface area (Å²) in [5.41, 5.74) is 0. The van der Waals surface area contributed by atoms with Gasteiger partial charge in [-0.15, -0.1) is 0 Å². The van der Waals surface area contributed by atoms with Crippen molar-refractivity contribution in [2.45, 2.75) is 11.3 Å². The van der Waals surface area contributed by atoms with E-state index in [9.17, 15) is 8.42 Å². The van der Waals surface area contributed by atoms with Crippen LogP contribution in [0.15, 0.2) is 23.1 Å². The zero-order chi connectivity index (χ0) is 15.5. The summed E-state index contributed by atoms with van der Waals surface area (Å²) in [6, 6.07) is 4.69. The van der Waals surface area contributed by atoms with Crippen LogP contribution in [0.2, 0.25) is 0 Å². The van der Waals surface area contributed by atoms with Crippen molar-refractivity contribution < 1.29 is 17.9 Å². The summed E-state index contributed by atoms with van der Waals surface area (Å²) in [6.45, 7) is 1.94. The average Bonchev–Trinajstić information content (AvgIpc) is 2.96. The molecule has 7 heteroatoms. The van der Waals surface area contributed by atoms with Crippen LogP contribution in [0, 0.1) is 5.92 Å². The molecule has 1 aliphatic rings. The van der Waals surface area contributed by atoms with Gasteiger partial charge in [-0.1, -0.05) is 0 Å². The summed E-state index contributed by atoms with van der Waals surface area (Å²) < 4.78 is 37.2. The Balaban J connectivity index is 2.24. The van der Waals surface area contributed by atoms with Gasteiger partial charge in [0.05, 0.1) is 19.1 Å².